The number of aromatic nitrogens is 2. The molecule has 26 heavy (non-hydrogen) atoms. The second-order valence-corrected chi connectivity index (χ2v) is 6.51. The third-order valence-corrected chi connectivity index (χ3v) is 4.53. The largest absolute Gasteiger partial charge is 0.486 e. The molecule has 0 aliphatic carbocycles. The van der Waals surface area contributed by atoms with Crippen LogP contribution in [0.1, 0.15) is 34.6 Å². The lowest BCUT2D eigenvalue weighted by Crippen LogP contribution is -2.27. The second kappa shape index (κ2) is 7.19. The van der Waals surface area contributed by atoms with Crippen LogP contribution in [0.4, 0.5) is 5.95 Å². The normalized spacial score (nSPS) is 15.8. The van der Waals surface area contributed by atoms with Gasteiger partial charge in [-0.15, -0.1) is 0 Å². The Morgan fingerprint density at radius 1 is 1.19 bits per heavy atom. The summed E-state index contributed by atoms with van der Waals surface area (Å²) >= 11 is 0. The first-order valence-electron chi connectivity index (χ1n) is 8.97. The maximum Gasteiger partial charge on any atom is 0.255 e. The van der Waals surface area contributed by atoms with Crippen LogP contribution < -0.4 is 19.7 Å². The molecule has 0 saturated carbocycles. The first-order valence-corrected chi connectivity index (χ1v) is 8.97. The molecule has 0 bridgehead atoms. The van der Waals surface area contributed by atoms with Gasteiger partial charge in [-0.1, -0.05) is 6.07 Å². The van der Waals surface area contributed by atoms with Crippen LogP contribution >= 0.6 is 0 Å². The Morgan fingerprint density at radius 3 is 2.85 bits per heavy atom. The molecule has 1 amide bonds. The van der Waals surface area contributed by atoms with Crippen LogP contribution in [0, 0.1) is 6.92 Å². The Balaban J connectivity index is 1.48. The SMILES string of the molecule is Cc1cc(CNC(=O)c2cccc3c2OCCO3)nc(N2CCCC2)n1. The van der Waals surface area contributed by atoms with Crippen molar-refractivity contribution in [1.82, 2.24) is 15.3 Å². The Kier molecular flexibility index (Phi) is 4.60. The predicted molar refractivity (Wildman–Crippen MR) is 96.8 cm³/mol. The summed E-state index contributed by atoms with van der Waals surface area (Å²) in [6.45, 7) is 5.21. The van der Waals surface area contributed by atoms with Gasteiger partial charge in [0.25, 0.3) is 5.91 Å². The fourth-order valence-corrected chi connectivity index (χ4v) is 3.28. The van der Waals surface area contributed by atoms with Gasteiger partial charge in [0.1, 0.15) is 13.2 Å². The smallest absolute Gasteiger partial charge is 0.255 e. The van der Waals surface area contributed by atoms with Gasteiger partial charge in [0.05, 0.1) is 17.8 Å². The molecule has 0 unspecified atom stereocenters. The van der Waals surface area contributed by atoms with E-state index in [-0.39, 0.29) is 5.91 Å². The van der Waals surface area contributed by atoms with E-state index in [4.69, 9.17) is 9.47 Å². The average molecular weight is 354 g/mol. The maximum absolute atomic E-state index is 12.6. The van der Waals surface area contributed by atoms with Crippen LogP contribution in [0.2, 0.25) is 0 Å². The number of nitrogens with zero attached hydrogens (tertiary/aromatic N) is 3. The summed E-state index contributed by atoms with van der Waals surface area (Å²) in [7, 11) is 0. The van der Waals surface area contributed by atoms with E-state index < -0.39 is 0 Å². The summed E-state index contributed by atoms with van der Waals surface area (Å²) in [5.74, 6) is 1.66. The van der Waals surface area contributed by atoms with Gasteiger partial charge in [0.2, 0.25) is 5.95 Å². The number of rotatable bonds is 4. The first kappa shape index (κ1) is 16.6. The lowest BCUT2D eigenvalue weighted by atomic mass is 10.1. The summed E-state index contributed by atoms with van der Waals surface area (Å²) in [6, 6.07) is 7.24. The van der Waals surface area contributed by atoms with Crippen molar-refractivity contribution < 1.29 is 14.3 Å². The zero-order valence-electron chi connectivity index (χ0n) is 14.8. The Hall–Kier alpha value is -2.83. The first-order chi connectivity index (χ1) is 12.7. The van der Waals surface area contributed by atoms with Crippen LogP contribution in [-0.4, -0.2) is 42.2 Å². The molecule has 0 spiro atoms. The van der Waals surface area contributed by atoms with Gasteiger partial charge in [-0.05, 0) is 38.0 Å². The summed E-state index contributed by atoms with van der Waals surface area (Å²) in [6.07, 6.45) is 2.34. The quantitative estimate of drug-likeness (QED) is 0.906. The number of anilines is 1. The molecule has 0 atom stereocenters. The van der Waals surface area contributed by atoms with Crippen LogP contribution in [0.25, 0.3) is 0 Å². The van der Waals surface area contributed by atoms with Crippen LogP contribution in [0.5, 0.6) is 11.5 Å². The molecule has 1 aromatic heterocycles. The van der Waals surface area contributed by atoms with E-state index in [9.17, 15) is 4.79 Å². The summed E-state index contributed by atoms with van der Waals surface area (Å²) in [4.78, 5) is 23.9. The lowest BCUT2D eigenvalue weighted by molar-refractivity contribution is 0.0939. The molecule has 2 aliphatic rings. The van der Waals surface area contributed by atoms with Gasteiger partial charge in [0.15, 0.2) is 11.5 Å². The molecule has 4 rings (SSSR count). The highest BCUT2D eigenvalue weighted by Crippen LogP contribution is 2.33. The van der Waals surface area contributed by atoms with Crippen molar-refractivity contribution in [3.05, 3.63) is 41.2 Å². The number of amides is 1. The Labute approximate surface area is 152 Å². The number of benzene rings is 1. The molecular formula is C19H22N4O3. The zero-order chi connectivity index (χ0) is 17.9. The molecule has 1 aromatic carbocycles. The molecule has 2 aromatic rings. The fraction of sp³-hybridized carbons (Fsp3) is 0.421. The maximum atomic E-state index is 12.6. The summed E-state index contributed by atoms with van der Waals surface area (Å²) < 4.78 is 11.1. The third-order valence-electron chi connectivity index (χ3n) is 4.53. The van der Waals surface area contributed by atoms with Gasteiger partial charge in [-0.2, -0.15) is 0 Å². The molecule has 136 valence electrons. The number of fused-ring (bicyclic) bond motifs is 1. The molecule has 7 heteroatoms. The van der Waals surface area contributed by atoms with Crippen molar-refractivity contribution in [2.45, 2.75) is 26.3 Å². The average Bonchev–Trinajstić information content (AvgIpc) is 3.20. The molecule has 3 heterocycles. The number of ether oxygens (including phenoxy) is 2. The standard InChI is InChI=1S/C19H22N4O3/c1-13-11-14(22-19(21-13)23-7-2-3-8-23)12-20-18(24)15-5-4-6-16-17(15)26-10-9-25-16/h4-6,11H,2-3,7-10,12H2,1H3,(H,20,24). The van der Waals surface area contributed by atoms with Crippen molar-refractivity contribution >= 4 is 11.9 Å². The van der Waals surface area contributed by atoms with Gasteiger partial charge in [0, 0.05) is 18.8 Å². The van der Waals surface area contributed by atoms with Gasteiger partial charge in [-0.3, -0.25) is 4.79 Å². The highest BCUT2D eigenvalue weighted by Gasteiger charge is 2.21. The topological polar surface area (TPSA) is 76.6 Å². The Bertz CT molecular complexity index is 818. The minimum Gasteiger partial charge on any atom is -0.486 e. The number of carbonyl (C=O) groups excluding carboxylic acids is 1. The van der Waals surface area contributed by atoms with Crippen molar-refractivity contribution in [3.63, 3.8) is 0 Å². The van der Waals surface area contributed by atoms with Crippen molar-refractivity contribution in [1.29, 1.82) is 0 Å². The van der Waals surface area contributed by atoms with E-state index in [2.05, 4.69) is 20.2 Å². The number of nitrogens with one attached hydrogen (secondary N) is 1. The molecule has 0 radical (unpaired) electrons. The number of hydrogen-bond donors (Lipinski definition) is 1. The number of aryl methyl sites for hydroxylation is 1. The summed E-state index contributed by atoms with van der Waals surface area (Å²) in [5, 5.41) is 2.93. The van der Waals surface area contributed by atoms with E-state index in [1.807, 2.05) is 13.0 Å². The third kappa shape index (κ3) is 3.42. The minimum absolute atomic E-state index is 0.202. The highest BCUT2D eigenvalue weighted by atomic mass is 16.6. The van der Waals surface area contributed by atoms with Crippen LogP contribution in [-0.2, 0) is 6.54 Å². The second-order valence-electron chi connectivity index (χ2n) is 6.51. The van der Waals surface area contributed by atoms with Gasteiger partial charge >= 0.3 is 0 Å². The number of hydrogen-bond acceptors (Lipinski definition) is 6. The molecule has 1 saturated heterocycles. The molecule has 1 fully saturated rings. The minimum atomic E-state index is -0.202. The van der Waals surface area contributed by atoms with E-state index >= 15 is 0 Å². The van der Waals surface area contributed by atoms with E-state index in [0.29, 0.717) is 36.8 Å². The van der Waals surface area contributed by atoms with Crippen LogP contribution in [0.15, 0.2) is 24.3 Å². The number of carbonyl (C=O) groups is 1. The van der Waals surface area contributed by atoms with Crippen LogP contribution in [0.3, 0.4) is 0 Å². The van der Waals surface area contributed by atoms with Crippen molar-refractivity contribution in [3.8, 4) is 11.5 Å². The molecule has 1 N–H and O–H groups in total. The van der Waals surface area contributed by atoms with E-state index in [0.717, 1.165) is 30.4 Å². The fourth-order valence-electron chi connectivity index (χ4n) is 3.28. The Morgan fingerprint density at radius 2 is 2.00 bits per heavy atom. The highest BCUT2D eigenvalue weighted by molar-refractivity contribution is 5.97. The lowest BCUT2D eigenvalue weighted by Gasteiger charge is -2.20. The summed E-state index contributed by atoms with van der Waals surface area (Å²) in [5.41, 5.74) is 2.18. The van der Waals surface area contributed by atoms with E-state index in [1.165, 1.54) is 12.8 Å². The molecule has 2 aliphatic heterocycles. The van der Waals surface area contributed by atoms with Gasteiger partial charge in [-0.25, -0.2) is 9.97 Å². The van der Waals surface area contributed by atoms with Crippen molar-refractivity contribution in [2.24, 2.45) is 0 Å². The molecular weight excluding hydrogens is 332 g/mol. The van der Waals surface area contributed by atoms with Crippen molar-refractivity contribution in [2.75, 3.05) is 31.2 Å². The molecule has 7 nitrogen and oxygen atoms in total. The van der Waals surface area contributed by atoms with E-state index in [1.54, 1.807) is 18.2 Å². The van der Waals surface area contributed by atoms with Gasteiger partial charge < -0.3 is 19.7 Å². The number of para-hydroxylation sites is 1. The zero-order valence-corrected chi connectivity index (χ0v) is 14.8. The predicted octanol–water partition coefficient (Wildman–Crippen LogP) is 2.09. The monoisotopic (exact) mass is 354 g/mol.